The molecule has 1 aromatic carbocycles. The van der Waals surface area contributed by atoms with E-state index < -0.39 is 5.91 Å². The van der Waals surface area contributed by atoms with Gasteiger partial charge in [0.25, 0.3) is 5.91 Å². The zero-order valence-electron chi connectivity index (χ0n) is 12.4. The minimum Gasteiger partial charge on any atom is -0.366 e. The summed E-state index contributed by atoms with van der Waals surface area (Å²) in [5.41, 5.74) is 6.55. The standard InChI is InChI=1S/C16H17ClN2O2S/c1-10(2)19(8-11-4-3-5-13(17)6-11)16(21)14-7-12(9-22-14)15(18)20/h3-7,9-10H,8H2,1-2H3,(H2,18,20). The van der Waals surface area contributed by atoms with Crippen LogP contribution >= 0.6 is 22.9 Å². The lowest BCUT2D eigenvalue weighted by atomic mass is 10.1. The van der Waals surface area contributed by atoms with E-state index in [9.17, 15) is 9.59 Å². The zero-order chi connectivity index (χ0) is 16.3. The fourth-order valence-electron chi connectivity index (χ4n) is 2.04. The monoisotopic (exact) mass is 336 g/mol. The number of primary amides is 1. The highest BCUT2D eigenvalue weighted by Crippen LogP contribution is 2.20. The number of amides is 2. The molecular weight excluding hydrogens is 320 g/mol. The van der Waals surface area contributed by atoms with Crippen molar-refractivity contribution in [2.45, 2.75) is 26.4 Å². The summed E-state index contributed by atoms with van der Waals surface area (Å²) >= 11 is 7.22. The predicted molar refractivity (Wildman–Crippen MR) is 89.3 cm³/mol. The van der Waals surface area contributed by atoms with Gasteiger partial charge in [-0.1, -0.05) is 23.7 Å². The third-order valence-electron chi connectivity index (χ3n) is 3.22. The first-order valence-electron chi connectivity index (χ1n) is 6.82. The van der Waals surface area contributed by atoms with E-state index in [0.29, 0.717) is 22.0 Å². The predicted octanol–water partition coefficient (Wildman–Crippen LogP) is 3.55. The highest BCUT2D eigenvalue weighted by atomic mass is 35.5. The topological polar surface area (TPSA) is 63.4 Å². The van der Waals surface area contributed by atoms with E-state index in [2.05, 4.69) is 0 Å². The van der Waals surface area contributed by atoms with Crippen LogP contribution in [0, 0.1) is 0 Å². The number of carbonyl (C=O) groups is 2. The smallest absolute Gasteiger partial charge is 0.264 e. The Bertz CT molecular complexity index is 697. The second kappa shape index (κ2) is 6.94. The molecule has 0 aliphatic rings. The molecule has 0 unspecified atom stereocenters. The van der Waals surface area contributed by atoms with Gasteiger partial charge in [-0.25, -0.2) is 0 Å². The number of nitrogens with two attached hydrogens (primary N) is 1. The fourth-order valence-corrected chi connectivity index (χ4v) is 3.10. The Morgan fingerprint density at radius 2 is 2.05 bits per heavy atom. The molecule has 22 heavy (non-hydrogen) atoms. The first-order chi connectivity index (χ1) is 10.4. The first kappa shape index (κ1) is 16.5. The van der Waals surface area contributed by atoms with Crippen molar-refractivity contribution >= 4 is 34.8 Å². The Labute approximate surface area is 138 Å². The molecule has 0 atom stereocenters. The van der Waals surface area contributed by atoms with Crippen molar-refractivity contribution in [2.24, 2.45) is 5.73 Å². The summed E-state index contributed by atoms with van der Waals surface area (Å²) < 4.78 is 0. The van der Waals surface area contributed by atoms with Gasteiger partial charge in [-0.3, -0.25) is 9.59 Å². The molecule has 0 fully saturated rings. The third-order valence-corrected chi connectivity index (χ3v) is 4.37. The Kier molecular flexibility index (Phi) is 5.21. The number of halogens is 1. The van der Waals surface area contributed by atoms with Crippen molar-refractivity contribution in [3.05, 3.63) is 56.7 Å². The quantitative estimate of drug-likeness (QED) is 0.907. The molecule has 2 rings (SSSR count). The highest BCUT2D eigenvalue weighted by molar-refractivity contribution is 7.12. The highest BCUT2D eigenvalue weighted by Gasteiger charge is 2.21. The molecule has 0 radical (unpaired) electrons. The SMILES string of the molecule is CC(C)N(Cc1cccc(Cl)c1)C(=O)c1cc(C(N)=O)cs1. The molecular formula is C16H17ClN2O2S. The Balaban J connectivity index is 2.23. The lowest BCUT2D eigenvalue weighted by Gasteiger charge is -2.26. The largest absolute Gasteiger partial charge is 0.366 e. The van der Waals surface area contributed by atoms with Crippen molar-refractivity contribution in [3.63, 3.8) is 0 Å². The average Bonchev–Trinajstić information content (AvgIpc) is 2.94. The third kappa shape index (κ3) is 3.87. The number of benzene rings is 1. The van der Waals surface area contributed by atoms with Gasteiger partial charge >= 0.3 is 0 Å². The van der Waals surface area contributed by atoms with E-state index in [1.807, 2.05) is 32.0 Å². The van der Waals surface area contributed by atoms with E-state index >= 15 is 0 Å². The van der Waals surface area contributed by atoms with Crippen LogP contribution in [-0.4, -0.2) is 22.8 Å². The van der Waals surface area contributed by atoms with Crippen LogP contribution in [0.5, 0.6) is 0 Å². The van der Waals surface area contributed by atoms with Gasteiger partial charge in [0.1, 0.15) is 0 Å². The summed E-state index contributed by atoms with van der Waals surface area (Å²) in [6.45, 7) is 4.36. The summed E-state index contributed by atoms with van der Waals surface area (Å²) in [5.74, 6) is -0.645. The molecule has 0 spiro atoms. The molecule has 1 aromatic heterocycles. The molecule has 2 aromatic rings. The Morgan fingerprint density at radius 1 is 1.32 bits per heavy atom. The minimum absolute atomic E-state index is 0.0191. The molecule has 0 aliphatic heterocycles. The van der Waals surface area contributed by atoms with Gasteiger partial charge in [-0.2, -0.15) is 0 Å². The van der Waals surface area contributed by atoms with Crippen molar-refractivity contribution in [3.8, 4) is 0 Å². The molecule has 2 N–H and O–H groups in total. The second-order valence-electron chi connectivity index (χ2n) is 5.22. The van der Waals surface area contributed by atoms with Crippen LogP contribution < -0.4 is 5.73 Å². The van der Waals surface area contributed by atoms with Crippen LogP contribution in [0.4, 0.5) is 0 Å². The van der Waals surface area contributed by atoms with Gasteiger partial charge in [-0.15, -0.1) is 11.3 Å². The lowest BCUT2D eigenvalue weighted by molar-refractivity contribution is 0.0695. The van der Waals surface area contributed by atoms with E-state index in [-0.39, 0.29) is 11.9 Å². The normalized spacial score (nSPS) is 10.7. The number of nitrogens with zero attached hydrogens (tertiary/aromatic N) is 1. The molecule has 1 heterocycles. The van der Waals surface area contributed by atoms with E-state index in [1.165, 1.54) is 11.3 Å². The van der Waals surface area contributed by atoms with Gasteiger partial charge in [0.2, 0.25) is 5.91 Å². The van der Waals surface area contributed by atoms with Crippen LogP contribution in [-0.2, 0) is 6.54 Å². The molecule has 0 saturated heterocycles. The van der Waals surface area contributed by atoms with Crippen LogP contribution in [0.25, 0.3) is 0 Å². The number of rotatable bonds is 5. The summed E-state index contributed by atoms with van der Waals surface area (Å²) in [6, 6.07) is 8.99. The zero-order valence-corrected chi connectivity index (χ0v) is 13.9. The minimum atomic E-state index is -0.527. The summed E-state index contributed by atoms with van der Waals surface area (Å²) in [7, 11) is 0. The van der Waals surface area contributed by atoms with Crippen molar-refractivity contribution in [2.75, 3.05) is 0 Å². The van der Waals surface area contributed by atoms with Gasteiger partial charge in [-0.05, 0) is 37.6 Å². The molecule has 116 valence electrons. The second-order valence-corrected chi connectivity index (χ2v) is 6.57. The van der Waals surface area contributed by atoms with Crippen LogP contribution in [0.3, 0.4) is 0 Å². The maximum atomic E-state index is 12.7. The van der Waals surface area contributed by atoms with E-state index in [4.69, 9.17) is 17.3 Å². The lowest BCUT2D eigenvalue weighted by Crippen LogP contribution is -2.36. The average molecular weight is 337 g/mol. The van der Waals surface area contributed by atoms with Crippen LogP contribution in [0.1, 0.15) is 39.4 Å². The number of carbonyl (C=O) groups excluding carboxylic acids is 2. The summed E-state index contributed by atoms with van der Waals surface area (Å²) in [6.07, 6.45) is 0. The molecule has 6 heteroatoms. The Morgan fingerprint density at radius 3 is 2.59 bits per heavy atom. The van der Waals surface area contributed by atoms with Gasteiger partial charge in [0, 0.05) is 23.0 Å². The summed E-state index contributed by atoms with van der Waals surface area (Å²) in [5, 5.41) is 2.24. The van der Waals surface area contributed by atoms with E-state index in [1.54, 1.807) is 22.4 Å². The molecule has 0 aliphatic carbocycles. The Hall–Kier alpha value is -1.85. The van der Waals surface area contributed by atoms with Crippen LogP contribution in [0.15, 0.2) is 35.7 Å². The number of thiophene rings is 1. The maximum absolute atomic E-state index is 12.7. The fraction of sp³-hybridized carbons (Fsp3) is 0.250. The van der Waals surface area contributed by atoms with Crippen molar-refractivity contribution in [1.29, 1.82) is 0 Å². The molecule has 0 saturated carbocycles. The molecule has 0 bridgehead atoms. The van der Waals surface area contributed by atoms with Gasteiger partial charge in [0.05, 0.1) is 10.4 Å². The first-order valence-corrected chi connectivity index (χ1v) is 8.08. The summed E-state index contributed by atoms with van der Waals surface area (Å²) in [4.78, 5) is 26.1. The van der Waals surface area contributed by atoms with Crippen molar-refractivity contribution in [1.82, 2.24) is 4.90 Å². The van der Waals surface area contributed by atoms with Gasteiger partial charge in [0.15, 0.2) is 0 Å². The molecule has 4 nitrogen and oxygen atoms in total. The van der Waals surface area contributed by atoms with Crippen LogP contribution in [0.2, 0.25) is 5.02 Å². The van der Waals surface area contributed by atoms with E-state index in [0.717, 1.165) is 5.56 Å². The van der Waals surface area contributed by atoms with Gasteiger partial charge < -0.3 is 10.6 Å². The number of hydrogen-bond donors (Lipinski definition) is 1. The maximum Gasteiger partial charge on any atom is 0.264 e. The number of hydrogen-bond acceptors (Lipinski definition) is 3. The molecule has 2 amide bonds. The van der Waals surface area contributed by atoms with Crippen molar-refractivity contribution < 1.29 is 9.59 Å².